The highest BCUT2D eigenvalue weighted by molar-refractivity contribution is 7.99. The smallest absolute Gasteiger partial charge is 0.236 e. The van der Waals surface area contributed by atoms with Gasteiger partial charge in [0.1, 0.15) is 0 Å². The second-order valence-corrected chi connectivity index (χ2v) is 3.42. The molecule has 1 aliphatic rings. The fraction of sp³-hybridized carbons (Fsp3) is 0.833. The molecule has 0 saturated carbocycles. The van der Waals surface area contributed by atoms with Crippen molar-refractivity contribution in [3.63, 3.8) is 0 Å². The fourth-order valence-corrected chi connectivity index (χ4v) is 1.84. The lowest BCUT2D eigenvalue weighted by Gasteiger charge is -2.25. The summed E-state index contributed by atoms with van der Waals surface area (Å²) in [6.45, 7) is 1.91. The third kappa shape index (κ3) is 1.88. The minimum absolute atomic E-state index is 0.0836. The van der Waals surface area contributed by atoms with E-state index in [2.05, 4.69) is 0 Å². The van der Waals surface area contributed by atoms with Gasteiger partial charge in [0.15, 0.2) is 0 Å². The van der Waals surface area contributed by atoms with E-state index >= 15 is 0 Å². The van der Waals surface area contributed by atoms with Gasteiger partial charge in [-0.3, -0.25) is 4.79 Å². The molecule has 1 amide bonds. The van der Waals surface area contributed by atoms with Crippen molar-refractivity contribution in [1.82, 2.24) is 4.90 Å². The van der Waals surface area contributed by atoms with Crippen molar-refractivity contribution in [2.24, 2.45) is 5.73 Å². The van der Waals surface area contributed by atoms with Gasteiger partial charge < -0.3 is 10.6 Å². The van der Waals surface area contributed by atoms with Gasteiger partial charge in [-0.25, -0.2) is 0 Å². The third-order valence-corrected chi connectivity index (χ3v) is 2.48. The number of carbonyl (C=O) groups is 1. The second-order valence-electron chi connectivity index (χ2n) is 2.20. The van der Waals surface area contributed by atoms with Crippen molar-refractivity contribution in [3.8, 4) is 0 Å². The van der Waals surface area contributed by atoms with E-state index in [9.17, 15) is 4.79 Å². The average Bonchev–Trinajstić information content (AvgIpc) is 2.05. The highest BCUT2D eigenvalue weighted by atomic mass is 32.2. The summed E-state index contributed by atoms with van der Waals surface area (Å²) < 4.78 is 0. The molecule has 2 N–H and O–H groups in total. The van der Waals surface area contributed by atoms with Crippen molar-refractivity contribution in [2.75, 3.05) is 31.1 Å². The summed E-state index contributed by atoms with van der Waals surface area (Å²) in [5, 5.41) is 0. The van der Waals surface area contributed by atoms with Crippen LogP contribution in [-0.4, -0.2) is 41.9 Å². The molecule has 1 heterocycles. The van der Waals surface area contributed by atoms with Gasteiger partial charge in [0.05, 0.1) is 6.54 Å². The summed E-state index contributed by atoms with van der Waals surface area (Å²) in [5.74, 6) is 2.21. The Labute approximate surface area is 64.9 Å². The van der Waals surface area contributed by atoms with Gasteiger partial charge >= 0.3 is 0 Å². The molecule has 1 rings (SSSR count). The maximum Gasteiger partial charge on any atom is 0.236 e. The molecule has 0 aromatic heterocycles. The Bertz CT molecular complexity index is 123. The molecule has 0 bridgehead atoms. The Balaban J connectivity index is 2.31. The zero-order valence-electron chi connectivity index (χ0n) is 5.88. The number of amides is 1. The lowest BCUT2D eigenvalue weighted by molar-refractivity contribution is -0.129. The van der Waals surface area contributed by atoms with Crippen LogP contribution in [0.3, 0.4) is 0 Å². The molecule has 4 heteroatoms. The Morgan fingerprint density at radius 2 is 2.10 bits per heavy atom. The van der Waals surface area contributed by atoms with Crippen LogP contribution in [0.1, 0.15) is 0 Å². The van der Waals surface area contributed by atoms with Crippen molar-refractivity contribution < 1.29 is 4.79 Å². The quantitative estimate of drug-likeness (QED) is 0.563. The van der Waals surface area contributed by atoms with Crippen LogP contribution in [0, 0.1) is 0 Å². The number of hydrogen-bond donors (Lipinski definition) is 1. The van der Waals surface area contributed by atoms with Crippen LogP contribution in [0.2, 0.25) is 0 Å². The van der Waals surface area contributed by atoms with Gasteiger partial charge in [0.25, 0.3) is 0 Å². The lowest BCUT2D eigenvalue weighted by Crippen LogP contribution is -2.41. The van der Waals surface area contributed by atoms with E-state index in [1.807, 2.05) is 16.7 Å². The molecule has 1 aliphatic heterocycles. The second kappa shape index (κ2) is 3.83. The van der Waals surface area contributed by atoms with Gasteiger partial charge in [-0.2, -0.15) is 11.8 Å². The Morgan fingerprint density at radius 3 is 2.60 bits per heavy atom. The maximum absolute atomic E-state index is 11.0. The fourth-order valence-electron chi connectivity index (χ4n) is 0.942. The average molecular weight is 160 g/mol. The minimum atomic E-state index is 0.0836. The van der Waals surface area contributed by atoms with Crippen molar-refractivity contribution >= 4 is 17.7 Å². The summed E-state index contributed by atoms with van der Waals surface area (Å²) in [6.07, 6.45) is 0. The van der Waals surface area contributed by atoms with Crippen LogP contribution in [0.15, 0.2) is 0 Å². The van der Waals surface area contributed by atoms with Gasteiger partial charge in [0, 0.05) is 24.6 Å². The van der Waals surface area contributed by atoms with Crippen molar-refractivity contribution in [2.45, 2.75) is 0 Å². The molecule has 1 fully saturated rings. The molecule has 0 aromatic rings. The molecule has 10 heavy (non-hydrogen) atoms. The summed E-state index contributed by atoms with van der Waals surface area (Å²) in [7, 11) is 0. The minimum Gasteiger partial charge on any atom is -0.340 e. The monoisotopic (exact) mass is 160 g/mol. The molecule has 0 atom stereocenters. The third-order valence-electron chi connectivity index (χ3n) is 1.54. The predicted octanol–water partition coefficient (Wildman–Crippen LogP) is -0.479. The van der Waals surface area contributed by atoms with Crippen molar-refractivity contribution in [1.29, 1.82) is 0 Å². The predicted molar refractivity (Wildman–Crippen MR) is 43.0 cm³/mol. The van der Waals surface area contributed by atoms with E-state index < -0.39 is 0 Å². The number of rotatable bonds is 1. The van der Waals surface area contributed by atoms with Crippen LogP contribution < -0.4 is 5.73 Å². The number of thioether (sulfide) groups is 1. The van der Waals surface area contributed by atoms with Gasteiger partial charge in [-0.05, 0) is 0 Å². The zero-order chi connectivity index (χ0) is 7.40. The van der Waals surface area contributed by atoms with Crippen LogP contribution >= 0.6 is 11.8 Å². The lowest BCUT2D eigenvalue weighted by atomic mass is 10.4. The van der Waals surface area contributed by atoms with Crippen molar-refractivity contribution in [3.05, 3.63) is 0 Å². The van der Waals surface area contributed by atoms with E-state index in [4.69, 9.17) is 5.73 Å². The number of nitrogens with two attached hydrogens (primary N) is 1. The first-order valence-electron chi connectivity index (χ1n) is 3.40. The Kier molecular flexibility index (Phi) is 3.02. The SMILES string of the molecule is NCC(=O)N1CCSCC1. The summed E-state index contributed by atoms with van der Waals surface area (Å²) in [6, 6.07) is 0. The Morgan fingerprint density at radius 1 is 1.50 bits per heavy atom. The molecule has 3 nitrogen and oxygen atoms in total. The zero-order valence-corrected chi connectivity index (χ0v) is 6.69. The van der Waals surface area contributed by atoms with Crippen LogP contribution in [0.5, 0.6) is 0 Å². The summed E-state index contributed by atoms with van der Waals surface area (Å²) in [4.78, 5) is 12.8. The van der Waals surface area contributed by atoms with E-state index in [-0.39, 0.29) is 12.5 Å². The normalized spacial score (nSPS) is 19.1. The Hall–Kier alpha value is -0.220. The number of nitrogens with zero attached hydrogens (tertiary/aromatic N) is 1. The number of carbonyl (C=O) groups excluding carboxylic acids is 1. The molecular formula is C6H12N2OS. The maximum atomic E-state index is 11.0. The van der Waals surface area contributed by atoms with Crippen LogP contribution in [0.25, 0.3) is 0 Å². The molecule has 0 spiro atoms. The largest absolute Gasteiger partial charge is 0.340 e. The van der Waals surface area contributed by atoms with Crippen LogP contribution in [0.4, 0.5) is 0 Å². The van der Waals surface area contributed by atoms with Gasteiger partial charge in [-0.15, -0.1) is 0 Å². The first-order chi connectivity index (χ1) is 4.84. The molecule has 1 saturated heterocycles. The number of hydrogen-bond acceptors (Lipinski definition) is 3. The topological polar surface area (TPSA) is 46.3 Å². The molecule has 0 unspecified atom stereocenters. The highest BCUT2D eigenvalue weighted by Crippen LogP contribution is 2.08. The molecule has 58 valence electrons. The molecule has 0 aliphatic carbocycles. The van der Waals surface area contributed by atoms with Gasteiger partial charge in [0.2, 0.25) is 5.91 Å². The van der Waals surface area contributed by atoms with E-state index in [1.54, 1.807) is 0 Å². The summed E-state index contributed by atoms with van der Waals surface area (Å²) >= 11 is 1.89. The molecule has 0 aromatic carbocycles. The highest BCUT2D eigenvalue weighted by Gasteiger charge is 2.14. The summed E-state index contributed by atoms with van der Waals surface area (Å²) in [5.41, 5.74) is 5.20. The molecular weight excluding hydrogens is 148 g/mol. The molecule has 0 radical (unpaired) electrons. The van der Waals surface area contributed by atoms with E-state index in [0.717, 1.165) is 24.6 Å². The van der Waals surface area contributed by atoms with E-state index in [0.29, 0.717) is 0 Å². The standard InChI is InChI=1S/C6H12N2OS/c7-5-6(9)8-1-3-10-4-2-8/h1-5,7H2. The first kappa shape index (κ1) is 7.88. The van der Waals surface area contributed by atoms with Gasteiger partial charge in [-0.1, -0.05) is 0 Å². The van der Waals surface area contributed by atoms with Crippen LogP contribution in [-0.2, 0) is 4.79 Å². The van der Waals surface area contributed by atoms with E-state index in [1.165, 1.54) is 0 Å². The first-order valence-corrected chi connectivity index (χ1v) is 4.55.